The molecule has 0 radical (unpaired) electrons. The number of aryl methyl sites for hydroxylation is 1. The highest BCUT2D eigenvalue weighted by Crippen LogP contribution is 2.09. The third-order valence-corrected chi connectivity index (χ3v) is 2.88. The Morgan fingerprint density at radius 3 is 3.06 bits per heavy atom. The Bertz CT molecular complexity index is 442. The first-order valence-corrected chi connectivity index (χ1v) is 6.15. The molecule has 1 aromatic rings. The third-order valence-electron chi connectivity index (χ3n) is 2.88. The van der Waals surface area contributed by atoms with Gasteiger partial charge < -0.3 is 14.6 Å². The molecule has 1 N–H and O–H groups in total. The fraction of sp³-hybridized carbons (Fsp3) is 0.583. The average molecular weight is 251 g/mol. The van der Waals surface area contributed by atoms with Gasteiger partial charge in [0.15, 0.2) is 0 Å². The number of amides is 2. The van der Waals surface area contributed by atoms with Gasteiger partial charge in [0.2, 0.25) is 5.91 Å². The van der Waals surface area contributed by atoms with Crippen LogP contribution in [0.1, 0.15) is 35.7 Å². The number of carbonyl (C=O) groups is 2. The van der Waals surface area contributed by atoms with Crippen LogP contribution in [0.3, 0.4) is 0 Å². The zero-order valence-corrected chi connectivity index (χ0v) is 10.4. The number of hydrogen-bond donors (Lipinski definition) is 1. The Labute approximate surface area is 105 Å². The summed E-state index contributed by atoms with van der Waals surface area (Å²) in [5.74, 6) is 0.605. The largest absolute Gasteiger partial charge is 0.438 e. The lowest BCUT2D eigenvalue weighted by Crippen LogP contribution is -2.30. The van der Waals surface area contributed by atoms with Crippen molar-refractivity contribution in [1.29, 1.82) is 0 Å². The molecule has 1 aliphatic heterocycles. The van der Waals surface area contributed by atoms with Gasteiger partial charge in [-0.2, -0.15) is 0 Å². The van der Waals surface area contributed by atoms with Crippen molar-refractivity contribution in [1.82, 2.24) is 15.2 Å². The highest BCUT2D eigenvalue weighted by Gasteiger charge is 2.19. The van der Waals surface area contributed by atoms with Crippen LogP contribution in [0.4, 0.5) is 0 Å². The van der Waals surface area contributed by atoms with Crippen LogP contribution in [-0.4, -0.2) is 41.3 Å². The van der Waals surface area contributed by atoms with E-state index < -0.39 is 0 Å². The minimum atomic E-state index is -0.309. The van der Waals surface area contributed by atoms with Crippen molar-refractivity contribution in [3.63, 3.8) is 0 Å². The van der Waals surface area contributed by atoms with E-state index in [9.17, 15) is 9.59 Å². The molecule has 0 unspecified atom stereocenters. The molecule has 2 heterocycles. The lowest BCUT2D eigenvalue weighted by molar-refractivity contribution is -0.127. The zero-order valence-electron chi connectivity index (χ0n) is 10.4. The minimum Gasteiger partial charge on any atom is -0.438 e. The van der Waals surface area contributed by atoms with Crippen LogP contribution in [0.2, 0.25) is 0 Å². The molecule has 98 valence electrons. The van der Waals surface area contributed by atoms with Crippen LogP contribution in [0.5, 0.6) is 0 Å². The monoisotopic (exact) mass is 251 g/mol. The van der Waals surface area contributed by atoms with E-state index in [4.69, 9.17) is 4.42 Å². The predicted octanol–water partition coefficient (Wildman–Crippen LogP) is 0.725. The lowest BCUT2D eigenvalue weighted by Gasteiger charge is -2.14. The van der Waals surface area contributed by atoms with E-state index in [-0.39, 0.29) is 17.7 Å². The highest BCUT2D eigenvalue weighted by molar-refractivity contribution is 5.89. The number of hydrogen-bond acceptors (Lipinski definition) is 4. The van der Waals surface area contributed by atoms with Crippen LogP contribution in [0.15, 0.2) is 10.6 Å². The summed E-state index contributed by atoms with van der Waals surface area (Å²) >= 11 is 0. The van der Waals surface area contributed by atoms with Crippen molar-refractivity contribution < 1.29 is 14.0 Å². The van der Waals surface area contributed by atoms with Crippen molar-refractivity contribution in [3.8, 4) is 0 Å². The Hall–Kier alpha value is -1.85. The molecule has 2 amide bonds. The summed E-state index contributed by atoms with van der Waals surface area (Å²) in [4.78, 5) is 28.6. The van der Waals surface area contributed by atoms with Crippen molar-refractivity contribution in [2.24, 2.45) is 0 Å². The number of likely N-dealkylation sites (tertiary alicyclic amines) is 1. The van der Waals surface area contributed by atoms with E-state index in [1.54, 1.807) is 6.92 Å². The summed E-state index contributed by atoms with van der Waals surface area (Å²) in [7, 11) is 0. The van der Waals surface area contributed by atoms with E-state index in [0.717, 1.165) is 19.4 Å². The van der Waals surface area contributed by atoms with Gasteiger partial charge in [0.25, 0.3) is 5.89 Å². The third kappa shape index (κ3) is 3.09. The normalized spacial score (nSPS) is 15.2. The van der Waals surface area contributed by atoms with Crippen LogP contribution in [0, 0.1) is 6.92 Å². The van der Waals surface area contributed by atoms with Gasteiger partial charge in [-0.15, -0.1) is 0 Å². The Morgan fingerprint density at radius 2 is 2.44 bits per heavy atom. The van der Waals surface area contributed by atoms with Crippen molar-refractivity contribution >= 4 is 11.8 Å². The summed E-state index contributed by atoms with van der Waals surface area (Å²) in [6, 6.07) is 0. The molecule has 0 saturated carbocycles. The summed E-state index contributed by atoms with van der Waals surface area (Å²) < 4.78 is 5.11. The second-order valence-corrected chi connectivity index (χ2v) is 4.37. The smallest absolute Gasteiger partial charge is 0.307 e. The number of aromatic nitrogens is 1. The number of oxazole rings is 1. The standard InChI is InChI=1S/C12H17N3O3/c1-9-8-14-12(18-9)11(17)13-5-3-7-15-6-2-4-10(15)16/h8H,2-7H2,1H3,(H,13,17). The highest BCUT2D eigenvalue weighted by atomic mass is 16.4. The molecule has 6 nitrogen and oxygen atoms in total. The maximum absolute atomic E-state index is 11.6. The Kier molecular flexibility index (Phi) is 3.96. The van der Waals surface area contributed by atoms with Crippen LogP contribution >= 0.6 is 0 Å². The SMILES string of the molecule is Cc1cnc(C(=O)NCCCN2CCCC2=O)o1. The summed E-state index contributed by atoms with van der Waals surface area (Å²) in [5, 5.41) is 2.72. The van der Waals surface area contributed by atoms with Crippen molar-refractivity contribution in [3.05, 3.63) is 17.8 Å². The molecule has 2 rings (SSSR count). The molecule has 0 aromatic carbocycles. The molecule has 6 heteroatoms. The lowest BCUT2D eigenvalue weighted by atomic mass is 10.4. The molecule has 0 atom stereocenters. The van der Waals surface area contributed by atoms with E-state index in [1.807, 2.05) is 4.90 Å². The average Bonchev–Trinajstić information content (AvgIpc) is 2.94. The Morgan fingerprint density at radius 1 is 1.61 bits per heavy atom. The van der Waals surface area contributed by atoms with E-state index in [0.29, 0.717) is 25.3 Å². The van der Waals surface area contributed by atoms with Gasteiger partial charge >= 0.3 is 5.91 Å². The second kappa shape index (κ2) is 5.66. The maximum atomic E-state index is 11.6. The van der Waals surface area contributed by atoms with Crippen LogP contribution in [-0.2, 0) is 4.79 Å². The van der Waals surface area contributed by atoms with Crippen molar-refractivity contribution in [2.45, 2.75) is 26.2 Å². The van der Waals surface area contributed by atoms with Crippen molar-refractivity contribution in [2.75, 3.05) is 19.6 Å². The minimum absolute atomic E-state index is 0.0877. The van der Waals surface area contributed by atoms with Gasteiger partial charge in [-0.1, -0.05) is 0 Å². The summed E-state index contributed by atoms with van der Waals surface area (Å²) in [6.45, 7) is 3.79. The fourth-order valence-electron chi connectivity index (χ4n) is 1.95. The number of nitrogens with one attached hydrogen (secondary N) is 1. The van der Waals surface area contributed by atoms with E-state index in [1.165, 1.54) is 6.20 Å². The molecule has 1 aromatic heterocycles. The van der Waals surface area contributed by atoms with Crippen LogP contribution in [0.25, 0.3) is 0 Å². The molecule has 18 heavy (non-hydrogen) atoms. The predicted molar refractivity (Wildman–Crippen MR) is 64.0 cm³/mol. The van der Waals surface area contributed by atoms with Gasteiger partial charge in [-0.05, 0) is 19.8 Å². The quantitative estimate of drug-likeness (QED) is 0.783. The van der Waals surface area contributed by atoms with Gasteiger partial charge in [0, 0.05) is 26.1 Å². The van der Waals surface area contributed by atoms with Gasteiger partial charge in [0.1, 0.15) is 5.76 Å². The molecule has 1 fully saturated rings. The fourth-order valence-corrected chi connectivity index (χ4v) is 1.95. The van der Waals surface area contributed by atoms with Gasteiger partial charge in [-0.3, -0.25) is 9.59 Å². The number of carbonyl (C=O) groups excluding carboxylic acids is 2. The number of rotatable bonds is 5. The summed E-state index contributed by atoms with van der Waals surface area (Å²) in [6.07, 6.45) is 3.86. The first-order valence-electron chi connectivity index (χ1n) is 6.15. The molecule has 0 aliphatic carbocycles. The molecule has 1 aliphatic rings. The molecular formula is C12H17N3O3. The zero-order chi connectivity index (χ0) is 13.0. The molecular weight excluding hydrogens is 234 g/mol. The first-order chi connectivity index (χ1) is 8.66. The number of nitrogens with zero attached hydrogens (tertiary/aromatic N) is 2. The van der Waals surface area contributed by atoms with Gasteiger partial charge in [-0.25, -0.2) is 4.98 Å². The van der Waals surface area contributed by atoms with E-state index >= 15 is 0 Å². The van der Waals surface area contributed by atoms with Gasteiger partial charge in [0.05, 0.1) is 6.20 Å². The molecule has 0 bridgehead atoms. The maximum Gasteiger partial charge on any atom is 0.307 e. The summed E-state index contributed by atoms with van der Waals surface area (Å²) in [5.41, 5.74) is 0. The van der Waals surface area contributed by atoms with E-state index in [2.05, 4.69) is 10.3 Å². The molecule has 0 spiro atoms. The molecule has 1 saturated heterocycles. The topological polar surface area (TPSA) is 75.4 Å². The first kappa shape index (κ1) is 12.6. The van der Waals surface area contributed by atoms with Crippen LogP contribution < -0.4 is 5.32 Å². The Balaban J connectivity index is 1.66. The second-order valence-electron chi connectivity index (χ2n) is 4.37.